The van der Waals surface area contributed by atoms with Crippen LogP contribution in [0.3, 0.4) is 0 Å². The van der Waals surface area contributed by atoms with Gasteiger partial charge in [-0.1, -0.05) is 43.7 Å². The molecule has 1 aliphatic heterocycles. The van der Waals surface area contributed by atoms with E-state index in [0.717, 1.165) is 25.8 Å². The van der Waals surface area contributed by atoms with E-state index in [4.69, 9.17) is 0 Å². The van der Waals surface area contributed by atoms with Gasteiger partial charge in [0.1, 0.15) is 0 Å². The smallest absolute Gasteiger partial charge is 0.226 e. The van der Waals surface area contributed by atoms with Crippen LogP contribution in [0.15, 0.2) is 36.9 Å². The van der Waals surface area contributed by atoms with Crippen molar-refractivity contribution in [3.8, 4) is 0 Å². The summed E-state index contributed by atoms with van der Waals surface area (Å²) >= 11 is 0. The van der Waals surface area contributed by atoms with Gasteiger partial charge in [-0.05, 0) is 29.9 Å². The van der Waals surface area contributed by atoms with Gasteiger partial charge in [0.15, 0.2) is 0 Å². The minimum absolute atomic E-state index is 0.223. The highest BCUT2D eigenvalue weighted by molar-refractivity contribution is 5.84. The first-order valence-corrected chi connectivity index (χ1v) is 7.27. The molecule has 1 aromatic carbocycles. The Balaban J connectivity index is 1.69. The molecule has 1 aromatic rings. The van der Waals surface area contributed by atoms with Gasteiger partial charge in [0.2, 0.25) is 5.91 Å². The van der Waals surface area contributed by atoms with Crippen LogP contribution >= 0.6 is 0 Å². The van der Waals surface area contributed by atoms with Gasteiger partial charge in [-0.2, -0.15) is 0 Å². The van der Waals surface area contributed by atoms with Crippen LogP contribution in [0.1, 0.15) is 36.9 Å². The molecule has 1 heterocycles. The van der Waals surface area contributed by atoms with Crippen LogP contribution in [-0.2, 0) is 11.2 Å². The summed E-state index contributed by atoms with van der Waals surface area (Å²) in [6.07, 6.45) is 5.18. The molecule has 2 heteroatoms. The van der Waals surface area contributed by atoms with E-state index < -0.39 is 0 Å². The number of allylic oxidation sites excluding steroid dienone is 1. The second kappa shape index (κ2) is 4.84. The van der Waals surface area contributed by atoms with E-state index in [-0.39, 0.29) is 5.92 Å². The van der Waals surface area contributed by atoms with Gasteiger partial charge in [0.25, 0.3) is 0 Å². The van der Waals surface area contributed by atoms with Crippen LogP contribution in [0.5, 0.6) is 0 Å². The summed E-state index contributed by atoms with van der Waals surface area (Å²) in [6.45, 7) is 6.88. The molecule has 2 fully saturated rings. The molecular formula is C17H21NO. The predicted octanol–water partition coefficient (Wildman–Crippen LogP) is 3.34. The van der Waals surface area contributed by atoms with Gasteiger partial charge in [-0.15, -0.1) is 6.58 Å². The van der Waals surface area contributed by atoms with E-state index in [1.54, 1.807) is 0 Å². The van der Waals surface area contributed by atoms with Crippen LogP contribution in [0.4, 0.5) is 0 Å². The summed E-state index contributed by atoms with van der Waals surface area (Å²) in [5.74, 6) is 0.988. The molecular weight excluding hydrogens is 234 g/mol. The Hall–Kier alpha value is -1.57. The fraction of sp³-hybridized carbons (Fsp3) is 0.471. The van der Waals surface area contributed by atoms with E-state index in [2.05, 4.69) is 37.8 Å². The number of nitrogens with zero attached hydrogens (tertiary/aromatic N) is 1. The Morgan fingerprint density at radius 2 is 2.26 bits per heavy atom. The Morgan fingerprint density at radius 3 is 2.95 bits per heavy atom. The summed E-state index contributed by atoms with van der Waals surface area (Å²) in [5.41, 5.74) is 2.76. The van der Waals surface area contributed by atoms with Gasteiger partial charge < -0.3 is 4.90 Å². The summed E-state index contributed by atoms with van der Waals surface area (Å²) in [4.78, 5) is 14.3. The highest BCUT2D eigenvalue weighted by Crippen LogP contribution is 2.46. The first-order chi connectivity index (χ1) is 9.26. The lowest BCUT2D eigenvalue weighted by atomic mass is 10.0. The number of amides is 1. The molecule has 2 nitrogen and oxygen atoms in total. The summed E-state index contributed by atoms with van der Waals surface area (Å²) < 4.78 is 0. The third-order valence-electron chi connectivity index (χ3n) is 4.29. The summed E-state index contributed by atoms with van der Waals surface area (Å²) in [5, 5.41) is 0. The van der Waals surface area contributed by atoms with Gasteiger partial charge in [0.05, 0.1) is 6.04 Å². The standard InChI is InChI=1S/C17H21NO/c1-3-7-13-8-5-6-9-14(13)16-11-18(16)17(19)15-10-12(15)4-2/h4-6,8-9,12,15-16H,2-3,7,10-11H2,1H3. The molecule has 0 N–H and O–H groups in total. The fourth-order valence-corrected chi connectivity index (χ4v) is 2.98. The molecule has 0 spiro atoms. The number of rotatable bonds is 5. The minimum atomic E-state index is 0.223. The van der Waals surface area contributed by atoms with Crippen molar-refractivity contribution in [2.75, 3.05) is 6.54 Å². The molecule has 3 unspecified atom stereocenters. The van der Waals surface area contributed by atoms with Crippen LogP contribution in [0.2, 0.25) is 0 Å². The first kappa shape index (κ1) is 12.5. The van der Waals surface area contributed by atoms with Crippen molar-refractivity contribution in [1.82, 2.24) is 4.90 Å². The van der Waals surface area contributed by atoms with Gasteiger partial charge in [-0.3, -0.25) is 4.79 Å². The topological polar surface area (TPSA) is 20.1 Å². The van der Waals surface area contributed by atoms with Crippen molar-refractivity contribution in [2.45, 2.75) is 32.2 Å². The van der Waals surface area contributed by atoms with Crippen molar-refractivity contribution in [3.63, 3.8) is 0 Å². The maximum Gasteiger partial charge on any atom is 0.226 e. The van der Waals surface area contributed by atoms with E-state index in [1.165, 1.54) is 11.1 Å². The van der Waals surface area contributed by atoms with Crippen molar-refractivity contribution in [2.24, 2.45) is 11.8 Å². The van der Waals surface area contributed by atoms with Crippen LogP contribution in [-0.4, -0.2) is 17.4 Å². The lowest BCUT2D eigenvalue weighted by Crippen LogP contribution is -2.14. The summed E-state index contributed by atoms with van der Waals surface area (Å²) in [6, 6.07) is 8.89. The largest absolute Gasteiger partial charge is 0.331 e. The average molecular weight is 255 g/mol. The molecule has 1 saturated heterocycles. The highest BCUT2D eigenvalue weighted by atomic mass is 16.2. The zero-order valence-corrected chi connectivity index (χ0v) is 11.5. The van der Waals surface area contributed by atoms with Crippen LogP contribution in [0, 0.1) is 11.8 Å². The Kier molecular flexibility index (Phi) is 3.17. The molecule has 2 aliphatic rings. The first-order valence-electron chi connectivity index (χ1n) is 7.27. The molecule has 3 atom stereocenters. The lowest BCUT2D eigenvalue weighted by molar-refractivity contribution is -0.127. The monoisotopic (exact) mass is 255 g/mol. The molecule has 19 heavy (non-hydrogen) atoms. The Labute approximate surface area is 115 Å². The third kappa shape index (κ3) is 2.32. The van der Waals surface area contributed by atoms with Crippen LogP contribution in [0.25, 0.3) is 0 Å². The molecule has 1 amide bonds. The number of carbonyl (C=O) groups is 1. The van der Waals surface area contributed by atoms with Crippen LogP contribution < -0.4 is 0 Å². The number of hydrogen-bond donors (Lipinski definition) is 0. The van der Waals surface area contributed by atoms with Crippen molar-refractivity contribution < 1.29 is 4.79 Å². The zero-order chi connectivity index (χ0) is 13.4. The molecule has 100 valence electrons. The van der Waals surface area contributed by atoms with E-state index in [0.29, 0.717) is 17.9 Å². The molecule has 3 rings (SSSR count). The average Bonchev–Trinajstić information content (AvgIpc) is 3.32. The SMILES string of the molecule is C=CC1CC1C(=O)N1CC1c1ccccc1CCC. The quantitative estimate of drug-likeness (QED) is 0.583. The Morgan fingerprint density at radius 1 is 1.47 bits per heavy atom. The maximum absolute atomic E-state index is 12.3. The van der Waals surface area contributed by atoms with E-state index in [9.17, 15) is 4.79 Å². The third-order valence-corrected chi connectivity index (χ3v) is 4.29. The van der Waals surface area contributed by atoms with Gasteiger partial charge >= 0.3 is 0 Å². The second-order valence-corrected chi connectivity index (χ2v) is 5.70. The van der Waals surface area contributed by atoms with Gasteiger partial charge in [-0.25, -0.2) is 0 Å². The number of benzene rings is 1. The Bertz CT molecular complexity index is 508. The van der Waals surface area contributed by atoms with E-state index in [1.807, 2.05) is 11.0 Å². The molecule has 1 aliphatic carbocycles. The number of hydrogen-bond acceptors (Lipinski definition) is 1. The fourth-order valence-electron chi connectivity index (χ4n) is 2.98. The molecule has 0 bridgehead atoms. The molecule has 0 radical (unpaired) electrons. The number of aryl methyl sites for hydroxylation is 1. The van der Waals surface area contributed by atoms with E-state index >= 15 is 0 Å². The van der Waals surface area contributed by atoms with Crippen molar-refractivity contribution in [1.29, 1.82) is 0 Å². The lowest BCUT2D eigenvalue weighted by Gasteiger charge is -2.09. The number of carbonyl (C=O) groups excluding carboxylic acids is 1. The second-order valence-electron chi connectivity index (χ2n) is 5.70. The normalized spacial score (nSPS) is 28.1. The molecule has 0 aromatic heterocycles. The predicted molar refractivity (Wildman–Crippen MR) is 76.7 cm³/mol. The van der Waals surface area contributed by atoms with Gasteiger partial charge in [0, 0.05) is 12.5 Å². The highest BCUT2D eigenvalue weighted by Gasteiger charge is 2.50. The van der Waals surface area contributed by atoms with Crippen molar-refractivity contribution >= 4 is 5.91 Å². The zero-order valence-electron chi connectivity index (χ0n) is 11.5. The summed E-state index contributed by atoms with van der Waals surface area (Å²) in [7, 11) is 0. The molecule has 1 saturated carbocycles. The minimum Gasteiger partial charge on any atom is -0.331 e. The van der Waals surface area contributed by atoms with Crippen molar-refractivity contribution in [3.05, 3.63) is 48.0 Å². The maximum atomic E-state index is 12.3.